The molecule has 0 N–H and O–H groups in total. The Labute approximate surface area is 187 Å². The number of carbonyl (C=O) groups excluding carboxylic acids is 1. The molecule has 6 nitrogen and oxygen atoms in total. The summed E-state index contributed by atoms with van der Waals surface area (Å²) in [7, 11) is 0. The van der Waals surface area contributed by atoms with Gasteiger partial charge in [0.15, 0.2) is 0 Å². The monoisotopic (exact) mass is 428 g/mol. The largest absolute Gasteiger partial charge is 0.341 e. The molecule has 0 saturated carbocycles. The van der Waals surface area contributed by atoms with Crippen molar-refractivity contribution in [2.45, 2.75) is 39.7 Å². The van der Waals surface area contributed by atoms with Gasteiger partial charge in [-0.25, -0.2) is 4.68 Å². The van der Waals surface area contributed by atoms with E-state index >= 15 is 0 Å². The Morgan fingerprint density at radius 2 is 1.75 bits per heavy atom. The molecule has 1 amide bonds. The molecule has 5 rings (SSSR count). The zero-order valence-corrected chi connectivity index (χ0v) is 18.6. The van der Waals surface area contributed by atoms with Crippen LogP contribution in [0.1, 0.15) is 29.8 Å². The zero-order valence-electron chi connectivity index (χ0n) is 18.6. The first-order valence-electron chi connectivity index (χ1n) is 11.3. The van der Waals surface area contributed by atoms with E-state index in [2.05, 4.69) is 35.4 Å². The van der Waals surface area contributed by atoms with Crippen LogP contribution in [0.25, 0.3) is 16.4 Å². The minimum Gasteiger partial charge on any atom is -0.341 e. The molecule has 2 aromatic carbocycles. The lowest BCUT2D eigenvalue weighted by Gasteiger charge is -2.32. The van der Waals surface area contributed by atoms with Crippen LogP contribution in [-0.4, -0.2) is 38.1 Å². The van der Waals surface area contributed by atoms with E-state index in [9.17, 15) is 9.59 Å². The van der Waals surface area contributed by atoms with E-state index in [0.29, 0.717) is 17.3 Å². The first kappa shape index (κ1) is 20.5. The van der Waals surface area contributed by atoms with Gasteiger partial charge in [-0.1, -0.05) is 42.0 Å². The van der Waals surface area contributed by atoms with E-state index in [4.69, 9.17) is 0 Å². The standard InChI is InChI=1S/C26H28N4O2/c1-18-8-9-23-22(14-18)16-24-26(32)29(27-19(2)30(23)24)17-25(31)28-12-10-21(11-13-28)15-20-6-4-3-5-7-20/h3-9,14,16,21H,10-13,15,17H2,1-2H3. The molecule has 1 saturated heterocycles. The molecule has 1 fully saturated rings. The van der Waals surface area contributed by atoms with Crippen molar-refractivity contribution in [3.8, 4) is 0 Å². The number of rotatable bonds is 4. The molecule has 0 radical (unpaired) electrons. The molecule has 164 valence electrons. The summed E-state index contributed by atoms with van der Waals surface area (Å²) >= 11 is 0. The van der Waals surface area contributed by atoms with Gasteiger partial charge in [-0.05, 0) is 62.8 Å². The Hall–Kier alpha value is -3.41. The van der Waals surface area contributed by atoms with E-state index in [0.717, 1.165) is 48.8 Å². The molecule has 0 bridgehead atoms. The van der Waals surface area contributed by atoms with E-state index in [-0.39, 0.29) is 18.0 Å². The average Bonchev–Trinajstić information content (AvgIpc) is 3.18. The van der Waals surface area contributed by atoms with E-state index in [1.54, 1.807) is 0 Å². The van der Waals surface area contributed by atoms with Crippen LogP contribution in [0.2, 0.25) is 0 Å². The molecule has 4 aromatic rings. The third-order valence-corrected chi connectivity index (χ3v) is 6.62. The maximum atomic E-state index is 13.1. The summed E-state index contributed by atoms with van der Waals surface area (Å²) in [6.07, 6.45) is 3.04. The Kier molecular flexibility index (Phi) is 5.29. The molecule has 1 aliphatic rings. The van der Waals surface area contributed by atoms with Gasteiger partial charge in [-0.15, -0.1) is 0 Å². The Morgan fingerprint density at radius 3 is 2.50 bits per heavy atom. The predicted molar refractivity (Wildman–Crippen MR) is 126 cm³/mol. The fraction of sp³-hybridized carbons (Fsp3) is 0.346. The number of hydrogen-bond acceptors (Lipinski definition) is 3. The van der Waals surface area contributed by atoms with Crippen molar-refractivity contribution in [3.05, 3.63) is 81.9 Å². The van der Waals surface area contributed by atoms with E-state index in [1.165, 1.54) is 10.2 Å². The highest BCUT2D eigenvalue weighted by molar-refractivity contribution is 5.87. The summed E-state index contributed by atoms with van der Waals surface area (Å²) in [5.41, 5.74) is 3.80. The van der Waals surface area contributed by atoms with Crippen LogP contribution in [0.15, 0.2) is 59.4 Å². The third kappa shape index (κ3) is 3.81. The summed E-state index contributed by atoms with van der Waals surface area (Å²) in [5, 5.41) is 5.48. The lowest BCUT2D eigenvalue weighted by molar-refractivity contribution is -0.133. The van der Waals surface area contributed by atoms with Crippen molar-refractivity contribution in [2.75, 3.05) is 13.1 Å². The van der Waals surface area contributed by atoms with Crippen LogP contribution < -0.4 is 5.56 Å². The number of amides is 1. The van der Waals surface area contributed by atoms with Gasteiger partial charge in [0.2, 0.25) is 5.91 Å². The van der Waals surface area contributed by atoms with Crippen molar-refractivity contribution in [1.29, 1.82) is 0 Å². The molecule has 3 heterocycles. The maximum Gasteiger partial charge on any atom is 0.291 e. The topological polar surface area (TPSA) is 59.6 Å². The normalized spacial score (nSPS) is 15.0. The van der Waals surface area contributed by atoms with Crippen LogP contribution in [0.5, 0.6) is 0 Å². The number of carbonyl (C=O) groups is 1. The number of likely N-dealkylation sites (tertiary alicyclic amines) is 1. The molecule has 32 heavy (non-hydrogen) atoms. The maximum absolute atomic E-state index is 13.1. The highest BCUT2D eigenvalue weighted by atomic mass is 16.2. The van der Waals surface area contributed by atoms with Gasteiger partial charge in [0.05, 0.1) is 5.52 Å². The molecule has 1 aliphatic heterocycles. The van der Waals surface area contributed by atoms with Crippen molar-refractivity contribution >= 4 is 22.3 Å². The Balaban J connectivity index is 1.31. The molecule has 0 atom stereocenters. The molecule has 6 heteroatoms. The van der Waals surface area contributed by atoms with Gasteiger partial charge >= 0.3 is 0 Å². The van der Waals surface area contributed by atoms with Gasteiger partial charge < -0.3 is 4.90 Å². The van der Waals surface area contributed by atoms with Crippen molar-refractivity contribution in [1.82, 2.24) is 19.1 Å². The molecular formula is C26H28N4O2. The number of aryl methyl sites for hydroxylation is 2. The first-order chi connectivity index (χ1) is 15.5. The summed E-state index contributed by atoms with van der Waals surface area (Å²) in [6.45, 7) is 5.37. The molecular weight excluding hydrogens is 400 g/mol. The fourth-order valence-corrected chi connectivity index (χ4v) is 4.91. The zero-order chi connectivity index (χ0) is 22.2. The van der Waals surface area contributed by atoms with Gasteiger partial charge in [0.1, 0.15) is 17.9 Å². The quantitative estimate of drug-likeness (QED) is 0.497. The lowest BCUT2D eigenvalue weighted by atomic mass is 9.90. The first-order valence-corrected chi connectivity index (χ1v) is 11.3. The highest BCUT2D eigenvalue weighted by Gasteiger charge is 2.24. The molecule has 2 aromatic heterocycles. The second kappa shape index (κ2) is 8.26. The number of piperidine rings is 1. The Bertz CT molecular complexity index is 1350. The van der Waals surface area contributed by atoms with Crippen LogP contribution in [0.4, 0.5) is 0 Å². The lowest BCUT2D eigenvalue weighted by Crippen LogP contribution is -2.42. The van der Waals surface area contributed by atoms with Crippen LogP contribution in [0, 0.1) is 19.8 Å². The summed E-state index contributed by atoms with van der Waals surface area (Å²) < 4.78 is 3.21. The van der Waals surface area contributed by atoms with Gasteiger partial charge in [-0.3, -0.25) is 14.0 Å². The number of nitrogens with zero attached hydrogens (tertiary/aromatic N) is 4. The minimum absolute atomic E-state index is 0.0138. The Morgan fingerprint density at radius 1 is 1.00 bits per heavy atom. The third-order valence-electron chi connectivity index (χ3n) is 6.62. The second-order valence-corrected chi connectivity index (χ2v) is 8.95. The molecule has 0 aliphatic carbocycles. The minimum atomic E-state index is -0.225. The van der Waals surface area contributed by atoms with Crippen molar-refractivity contribution < 1.29 is 4.79 Å². The summed E-state index contributed by atoms with van der Waals surface area (Å²) in [4.78, 5) is 28.0. The average molecular weight is 429 g/mol. The van der Waals surface area contributed by atoms with Crippen LogP contribution in [0.3, 0.4) is 0 Å². The van der Waals surface area contributed by atoms with Gasteiger partial charge in [-0.2, -0.15) is 5.10 Å². The smallest absolute Gasteiger partial charge is 0.291 e. The van der Waals surface area contributed by atoms with Crippen LogP contribution >= 0.6 is 0 Å². The van der Waals surface area contributed by atoms with Crippen molar-refractivity contribution in [2.24, 2.45) is 5.92 Å². The second-order valence-electron chi connectivity index (χ2n) is 8.95. The van der Waals surface area contributed by atoms with Gasteiger partial charge in [0.25, 0.3) is 5.56 Å². The number of hydrogen-bond donors (Lipinski definition) is 0. The van der Waals surface area contributed by atoms with Crippen LogP contribution in [-0.2, 0) is 17.8 Å². The number of benzene rings is 2. The molecule has 0 unspecified atom stereocenters. The number of fused-ring (bicyclic) bond motifs is 3. The van der Waals surface area contributed by atoms with E-state index < -0.39 is 0 Å². The SMILES string of the molecule is Cc1ccc2c(c1)cc1c(=O)n(CC(=O)N3CCC(Cc4ccccc4)CC3)nc(C)n12. The van der Waals surface area contributed by atoms with E-state index in [1.807, 2.05) is 47.4 Å². The summed E-state index contributed by atoms with van der Waals surface area (Å²) in [6, 6.07) is 18.5. The molecule has 0 spiro atoms. The van der Waals surface area contributed by atoms with Gasteiger partial charge in [0, 0.05) is 18.5 Å². The summed E-state index contributed by atoms with van der Waals surface area (Å²) in [5.74, 6) is 1.26. The number of aromatic nitrogens is 3. The van der Waals surface area contributed by atoms with Crippen molar-refractivity contribution in [3.63, 3.8) is 0 Å². The highest BCUT2D eigenvalue weighted by Crippen LogP contribution is 2.23. The fourth-order valence-electron chi connectivity index (χ4n) is 4.91. The predicted octanol–water partition coefficient (Wildman–Crippen LogP) is 3.75.